The van der Waals surface area contributed by atoms with Gasteiger partial charge in [0.2, 0.25) is 11.9 Å². The minimum absolute atomic E-state index is 0.0715. The highest BCUT2D eigenvalue weighted by molar-refractivity contribution is 5.95. The van der Waals surface area contributed by atoms with Gasteiger partial charge in [-0.15, -0.1) is 5.10 Å². The lowest BCUT2D eigenvalue weighted by Crippen LogP contribution is -2.35. The molecule has 2 aromatic heterocycles. The molecule has 1 saturated carbocycles. The number of hydrogen-bond acceptors (Lipinski definition) is 6. The first-order chi connectivity index (χ1) is 18.7. The summed E-state index contributed by atoms with van der Waals surface area (Å²) in [4.78, 5) is 30.8. The Bertz CT molecular complexity index is 1420. The van der Waals surface area contributed by atoms with Crippen molar-refractivity contribution in [3.63, 3.8) is 0 Å². The fourth-order valence-electron chi connectivity index (χ4n) is 5.46. The van der Waals surface area contributed by atoms with Crippen LogP contribution in [0.5, 0.6) is 0 Å². The summed E-state index contributed by atoms with van der Waals surface area (Å²) >= 11 is 0. The molecule has 0 radical (unpaired) electrons. The van der Waals surface area contributed by atoms with E-state index in [0.717, 1.165) is 29.9 Å². The Balaban J connectivity index is 1.10. The van der Waals surface area contributed by atoms with Crippen molar-refractivity contribution in [2.75, 3.05) is 31.5 Å². The molecule has 0 spiro atoms. The van der Waals surface area contributed by atoms with Crippen molar-refractivity contribution in [1.82, 2.24) is 30.1 Å². The summed E-state index contributed by atoms with van der Waals surface area (Å²) < 4.78 is 39.0. The van der Waals surface area contributed by atoms with E-state index in [1.165, 1.54) is 4.90 Å². The van der Waals surface area contributed by atoms with E-state index in [1.807, 2.05) is 30.3 Å². The zero-order valence-corrected chi connectivity index (χ0v) is 21.0. The number of halogens is 3. The van der Waals surface area contributed by atoms with Crippen molar-refractivity contribution in [3.8, 4) is 0 Å². The second kappa shape index (κ2) is 9.99. The molecule has 39 heavy (non-hydrogen) atoms. The monoisotopic (exact) mass is 539 g/mol. The molecule has 3 aromatic rings. The number of fused-ring (bicyclic) bond motifs is 2. The number of hydrogen-bond donors (Lipinski definition) is 3. The molecule has 9 nitrogen and oxygen atoms in total. The number of carbonyl (C=O) groups is 2. The summed E-state index contributed by atoms with van der Waals surface area (Å²) in [6.07, 6.45) is -1.83. The number of carbonyl (C=O) groups excluding carboxylic acids is 2. The van der Waals surface area contributed by atoms with Crippen LogP contribution >= 0.6 is 0 Å². The van der Waals surface area contributed by atoms with E-state index in [2.05, 4.69) is 26.0 Å². The summed E-state index contributed by atoms with van der Waals surface area (Å²) in [5, 5.41) is 14.1. The smallest absolute Gasteiger partial charge is 0.349 e. The Hall–Kier alpha value is -3.93. The number of anilines is 2. The van der Waals surface area contributed by atoms with Crippen molar-refractivity contribution in [2.45, 2.75) is 31.5 Å². The lowest BCUT2D eigenvalue weighted by atomic mass is 10.00. The normalized spacial score (nSPS) is 22.4. The maximum absolute atomic E-state index is 12.6. The third-order valence-corrected chi connectivity index (χ3v) is 7.69. The number of alkyl halides is 3. The van der Waals surface area contributed by atoms with Crippen molar-refractivity contribution < 1.29 is 22.8 Å². The van der Waals surface area contributed by atoms with Crippen LogP contribution in [0.25, 0.3) is 11.2 Å². The molecule has 4 heterocycles. The van der Waals surface area contributed by atoms with E-state index in [-0.39, 0.29) is 18.5 Å². The maximum atomic E-state index is 12.6. The molecule has 1 unspecified atom stereocenters. The van der Waals surface area contributed by atoms with Crippen LogP contribution in [0.4, 0.5) is 24.8 Å². The molecule has 6 rings (SSSR count). The van der Waals surface area contributed by atoms with Gasteiger partial charge in [0.1, 0.15) is 0 Å². The lowest BCUT2D eigenvalue weighted by Gasteiger charge is -2.27. The summed E-state index contributed by atoms with van der Waals surface area (Å²) in [5.41, 5.74) is 3.78. The Morgan fingerprint density at radius 3 is 2.56 bits per heavy atom. The average Bonchev–Trinajstić information content (AvgIpc) is 3.26. The van der Waals surface area contributed by atoms with Crippen molar-refractivity contribution >= 4 is 34.7 Å². The molecule has 12 heteroatoms. The van der Waals surface area contributed by atoms with Crippen LogP contribution in [0.3, 0.4) is 0 Å². The second-order valence-corrected chi connectivity index (χ2v) is 10.2. The molecule has 1 saturated heterocycles. The van der Waals surface area contributed by atoms with E-state index < -0.39 is 24.9 Å². The predicted molar refractivity (Wildman–Crippen MR) is 138 cm³/mol. The van der Waals surface area contributed by atoms with Crippen LogP contribution in [0.15, 0.2) is 48.7 Å². The van der Waals surface area contributed by atoms with Crippen LogP contribution in [0, 0.1) is 11.8 Å². The third-order valence-electron chi connectivity index (χ3n) is 7.69. The van der Waals surface area contributed by atoms with Gasteiger partial charge in [0.15, 0.2) is 5.65 Å². The van der Waals surface area contributed by atoms with Gasteiger partial charge in [0, 0.05) is 61.7 Å². The largest absolute Gasteiger partial charge is 0.389 e. The molecule has 2 aliphatic heterocycles. The Kier molecular flexibility index (Phi) is 6.49. The van der Waals surface area contributed by atoms with Gasteiger partial charge in [0.25, 0.3) is 5.91 Å². The number of nitrogens with one attached hydrogen (secondary N) is 3. The van der Waals surface area contributed by atoms with Gasteiger partial charge in [-0.1, -0.05) is 6.08 Å². The Morgan fingerprint density at radius 1 is 1.10 bits per heavy atom. The van der Waals surface area contributed by atoms with Crippen molar-refractivity contribution in [1.29, 1.82) is 0 Å². The minimum Gasteiger partial charge on any atom is -0.349 e. The van der Waals surface area contributed by atoms with Crippen LogP contribution in [0.2, 0.25) is 0 Å². The number of benzene rings is 1. The van der Waals surface area contributed by atoms with Crippen LogP contribution in [-0.2, 0) is 4.79 Å². The number of piperidine rings is 1. The summed E-state index contributed by atoms with van der Waals surface area (Å²) in [5.74, 6) is 0.923. The molecular weight excluding hydrogens is 511 g/mol. The SMILES string of the molecule is O=C(NC1[C@H]2CNC[C@@H]12)c1ccc(Nc2nc3c(C4=CCN(C(=O)CCC(F)(F)F)CC4)cccn3n2)cc1. The van der Waals surface area contributed by atoms with Gasteiger partial charge in [-0.2, -0.15) is 18.2 Å². The molecule has 1 aliphatic carbocycles. The number of aromatic nitrogens is 3. The van der Waals surface area contributed by atoms with E-state index >= 15 is 0 Å². The number of nitrogens with zero attached hydrogens (tertiary/aromatic N) is 4. The van der Waals surface area contributed by atoms with Gasteiger partial charge in [-0.05, 0) is 60.2 Å². The van der Waals surface area contributed by atoms with Gasteiger partial charge < -0.3 is 20.9 Å². The Morgan fingerprint density at radius 2 is 1.87 bits per heavy atom. The highest BCUT2D eigenvalue weighted by Gasteiger charge is 2.53. The van der Waals surface area contributed by atoms with Crippen LogP contribution < -0.4 is 16.0 Å². The average molecular weight is 540 g/mol. The van der Waals surface area contributed by atoms with Crippen molar-refractivity contribution in [2.24, 2.45) is 11.8 Å². The molecule has 3 atom stereocenters. The first-order valence-electron chi connectivity index (χ1n) is 13.0. The predicted octanol–water partition coefficient (Wildman–Crippen LogP) is 3.38. The van der Waals surface area contributed by atoms with Gasteiger partial charge in [0.05, 0.1) is 6.42 Å². The standard InChI is InChI=1S/C27H28F3N7O2/c28-27(29,30)10-7-22(38)36-12-8-16(9-13-36)19-2-1-11-37-24(19)34-26(35-37)32-18-5-3-17(4-6-18)25(39)33-23-20-14-31-15-21(20)23/h1-6,8,11,20-21,23,31H,7,9-10,12-15H2,(H,32,35)(H,33,39)/t20-,21+,23?. The zero-order chi connectivity index (χ0) is 27.1. The second-order valence-electron chi connectivity index (χ2n) is 10.2. The quantitative estimate of drug-likeness (QED) is 0.426. The minimum atomic E-state index is -4.34. The van der Waals surface area contributed by atoms with E-state index in [9.17, 15) is 22.8 Å². The highest BCUT2D eigenvalue weighted by Crippen LogP contribution is 2.41. The molecular formula is C27H28F3N7O2. The number of pyridine rings is 1. The topological polar surface area (TPSA) is 104 Å². The molecule has 2 fully saturated rings. The van der Waals surface area contributed by atoms with Gasteiger partial charge in [-0.3, -0.25) is 9.59 Å². The Labute approximate surface area is 222 Å². The molecule has 0 bridgehead atoms. The first kappa shape index (κ1) is 25.4. The molecule has 2 amide bonds. The van der Waals surface area contributed by atoms with Gasteiger partial charge in [-0.25, -0.2) is 4.52 Å². The van der Waals surface area contributed by atoms with Gasteiger partial charge >= 0.3 is 6.18 Å². The number of amides is 2. The van der Waals surface area contributed by atoms with E-state index in [0.29, 0.717) is 42.0 Å². The van der Waals surface area contributed by atoms with Crippen LogP contribution in [-0.4, -0.2) is 69.7 Å². The van der Waals surface area contributed by atoms with E-state index in [1.54, 1.807) is 22.8 Å². The first-order valence-corrected chi connectivity index (χ1v) is 13.0. The summed E-state index contributed by atoms with van der Waals surface area (Å²) in [7, 11) is 0. The maximum Gasteiger partial charge on any atom is 0.389 e. The molecule has 3 aliphatic rings. The van der Waals surface area contributed by atoms with Crippen molar-refractivity contribution in [3.05, 3.63) is 59.8 Å². The summed E-state index contributed by atoms with van der Waals surface area (Å²) in [6.45, 7) is 2.53. The fraction of sp³-hybridized carbons (Fsp3) is 0.407. The summed E-state index contributed by atoms with van der Waals surface area (Å²) in [6, 6.07) is 11.2. The highest BCUT2D eigenvalue weighted by atomic mass is 19.4. The zero-order valence-electron chi connectivity index (χ0n) is 21.0. The molecule has 1 aromatic carbocycles. The lowest BCUT2D eigenvalue weighted by molar-refractivity contribution is -0.148. The van der Waals surface area contributed by atoms with Crippen LogP contribution in [0.1, 0.15) is 35.2 Å². The fourth-order valence-corrected chi connectivity index (χ4v) is 5.46. The molecule has 204 valence electrons. The third kappa shape index (κ3) is 5.47. The number of rotatable bonds is 7. The van der Waals surface area contributed by atoms with E-state index in [4.69, 9.17) is 0 Å². The molecule has 3 N–H and O–H groups in total.